The molecule has 0 saturated heterocycles. The molecule has 0 aliphatic carbocycles. The van der Waals surface area contributed by atoms with Crippen molar-refractivity contribution in [3.8, 4) is 5.75 Å². The van der Waals surface area contributed by atoms with Crippen LogP contribution in [0.4, 0.5) is 5.69 Å². The zero-order valence-electron chi connectivity index (χ0n) is 16.4. The highest BCUT2D eigenvalue weighted by atomic mass is 32.2. The first-order valence-corrected chi connectivity index (χ1v) is 9.93. The minimum Gasteiger partial charge on any atom is -0.484 e. The smallest absolute Gasteiger partial charge is 0.277 e. The number of carbonyl (C=O) groups is 1. The summed E-state index contributed by atoms with van der Waals surface area (Å²) in [6.07, 6.45) is 0. The van der Waals surface area contributed by atoms with Crippen LogP contribution in [0.2, 0.25) is 0 Å². The SMILES string of the molecule is Cc1cccc(NC(=O)CSc2nnc(COc3cccc(C)c3C)o2)c1C. The number of amides is 1. The molecule has 2 aromatic carbocycles. The maximum Gasteiger partial charge on any atom is 0.277 e. The van der Waals surface area contributed by atoms with Crippen LogP contribution in [0.3, 0.4) is 0 Å². The van der Waals surface area contributed by atoms with Crippen molar-refractivity contribution in [2.75, 3.05) is 11.1 Å². The summed E-state index contributed by atoms with van der Waals surface area (Å²) in [5.74, 6) is 1.23. The van der Waals surface area contributed by atoms with Crippen molar-refractivity contribution in [3.63, 3.8) is 0 Å². The molecule has 6 nitrogen and oxygen atoms in total. The molecule has 28 heavy (non-hydrogen) atoms. The van der Waals surface area contributed by atoms with Crippen LogP contribution in [-0.4, -0.2) is 21.9 Å². The summed E-state index contributed by atoms with van der Waals surface area (Å²) in [6, 6.07) is 11.7. The van der Waals surface area contributed by atoms with Gasteiger partial charge in [0.1, 0.15) is 5.75 Å². The highest BCUT2D eigenvalue weighted by molar-refractivity contribution is 7.99. The van der Waals surface area contributed by atoms with Crippen LogP contribution in [0, 0.1) is 27.7 Å². The Labute approximate surface area is 168 Å². The second kappa shape index (κ2) is 8.93. The molecule has 1 aromatic heterocycles. The van der Waals surface area contributed by atoms with Crippen LogP contribution in [0.15, 0.2) is 46.0 Å². The molecule has 1 heterocycles. The van der Waals surface area contributed by atoms with Crippen LogP contribution in [-0.2, 0) is 11.4 Å². The number of aryl methyl sites for hydroxylation is 2. The summed E-state index contributed by atoms with van der Waals surface area (Å²) in [7, 11) is 0. The molecule has 0 spiro atoms. The number of hydrogen-bond donors (Lipinski definition) is 1. The first-order chi connectivity index (χ1) is 13.4. The van der Waals surface area contributed by atoms with Crippen molar-refractivity contribution in [1.82, 2.24) is 10.2 Å². The fraction of sp³-hybridized carbons (Fsp3) is 0.286. The second-order valence-corrected chi connectivity index (χ2v) is 7.46. The number of carbonyl (C=O) groups excluding carboxylic acids is 1. The Morgan fingerprint density at radius 2 is 1.75 bits per heavy atom. The van der Waals surface area contributed by atoms with E-state index in [9.17, 15) is 4.79 Å². The second-order valence-electron chi connectivity index (χ2n) is 6.53. The monoisotopic (exact) mass is 397 g/mol. The van der Waals surface area contributed by atoms with Crippen molar-refractivity contribution < 1.29 is 13.9 Å². The molecule has 0 fully saturated rings. The van der Waals surface area contributed by atoms with Gasteiger partial charge in [-0.3, -0.25) is 4.79 Å². The molecule has 0 aliphatic heterocycles. The van der Waals surface area contributed by atoms with E-state index < -0.39 is 0 Å². The first-order valence-electron chi connectivity index (χ1n) is 8.94. The van der Waals surface area contributed by atoms with E-state index in [1.54, 1.807) is 0 Å². The lowest BCUT2D eigenvalue weighted by molar-refractivity contribution is -0.113. The van der Waals surface area contributed by atoms with E-state index in [2.05, 4.69) is 15.5 Å². The van der Waals surface area contributed by atoms with Crippen molar-refractivity contribution >= 4 is 23.4 Å². The lowest BCUT2D eigenvalue weighted by Crippen LogP contribution is -2.15. The maximum atomic E-state index is 12.2. The van der Waals surface area contributed by atoms with E-state index in [-0.39, 0.29) is 18.3 Å². The van der Waals surface area contributed by atoms with Gasteiger partial charge >= 0.3 is 0 Å². The Bertz CT molecular complexity index is 985. The number of nitrogens with one attached hydrogen (secondary N) is 1. The van der Waals surface area contributed by atoms with Gasteiger partial charge in [-0.2, -0.15) is 0 Å². The summed E-state index contributed by atoms with van der Waals surface area (Å²) < 4.78 is 11.3. The quantitative estimate of drug-likeness (QED) is 0.587. The predicted molar refractivity (Wildman–Crippen MR) is 110 cm³/mol. The Morgan fingerprint density at radius 3 is 2.54 bits per heavy atom. The Kier molecular flexibility index (Phi) is 6.36. The molecule has 1 amide bonds. The van der Waals surface area contributed by atoms with Gasteiger partial charge < -0.3 is 14.5 Å². The standard InChI is InChI=1S/C21H23N3O3S/c1-13-7-5-9-17(15(13)3)22-19(25)12-28-21-24-23-20(27-21)11-26-18-10-6-8-14(2)16(18)4/h5-10H,11-12H2,1-4H3,(H,22,25). The Balaban J connectivity index is 1.51. The minimum atomic E-state index is -0.120. The van der Waals surface area contributed by atoms with Gasteiger partial charge in [-0.15, -0.1) is 10.2 Å². The zero-order valence-corrected chi connectivity index (χ0v) is 17.2. The van der Waals surface area contributed by atoms with Crippen LogP contribution < -0.4 is 10.1 Å². The normalized spacial score (nSPS) is 10.7. The molecule has 0 aliphatic rings. The summed E-state index contributed by atoms with van der Waals surface area (Å²) >= 11 is 1.20. The molecule has 0 saturated carbocycles. The van der Waals surface area contributed by atoms with E-state index in [1.165, 1.54) is 11.8 Å². The van der Waals surface area contributed by atoms with E-state index in [1.807, 2.05) is 64.1 Å². The van der Waals surface area contributed by atoms with Gasteiger partial charge in [0, 0.05) is 5.69 Å². The zero-order chi connectivity index (χ0) is 20.1. The predicted octanol–water partition coefficient (Wildman–Crippen LogP) is 4.61. The average Bonchev–Trinajstić information content (AvgIpc) is 3.13. The molecule has 3 aromatic rings. The van der Waals surface area contributed by atoms with E-state index in [0.717, 1.165) is 33.7 Å². The third-order valence-electron chi connectivity index (χ3n) is 4.56. The number of ether oxygens (including phenoxy) is 1. The van der Waals surface area contributed by atoms with Crippen molar-refractivity contribution in [3.05, 3.63) is 64.5 Å². The van der Waals surface area contributed by atoms with Gasteiger partial charge in [0.2, 0.25) is 5.91 Å². The molecule has 0 radical (unpaired) electrons. The van der Waals surface area contributed by atoms with Gasteiger partial charge in [0.25, 0.3) is 11.1 Å². The van der Waals surface area contributed by atoms with E-state index in [4.69, 9.17) is 9.15 Å². The molecule has 146 valence electrons. The molecular formula is C21H23N3O3S. The third kappa shape index (κ3) is 4.92. The Morgan fingerprint density at radius 1 is 1.04 bits per heavy atom. The van der Waals surface area contributed by atoms with Crippen LogP contribution in [0.1, 0.15) is 28.1 Å². The van der Waals surface area contributed by atoms with Crippen LogP contribution >= 0.6 is 11.8 Å². The van der Waals surface area contributed by atoms with Crippen molar-refractivity contribution in [2.24, 2.45) is 0 Å². The highest BCUT2D eigenvalue weighted by Gasteiger charge is 2.12. The average molecular weight is 398 g/mol. The lowest BCUT2D eigenvalue weighted by Gasteiger charge is -2.09. The van der Waals surface area contributed by atoms with Gasteiger partial charge in [0.15, 0.2) is 6.61 Å². The number of anilines is 1. The largest absolute Gasteiger partial charge is 0.484 e. The maximum absolute atomic E-state index is 12.2. The number of thioether (sulfide) groups is 1. The summed E-state index contributed by atoms with van der Waals surface area (Å²) in [4.78, 5) is 12.2. The molecule has 1 N–H and O–H groups in total. The van der Waals surface area contributed by atoms with E-state index >= 15 is 0 Å². The third-order valence-corrected chi connectivity index (χ3v) is 5.38. The number of hydrogen-bond acceptors (Lipinski definition) is 6. The Hall–Kier alpha value is -2.80. The molecular weight excluding hydrogens is 374 g/mol. The van der Waals surface area contributed by atoms with Gasteiger partial charge in [-0.05, 0) is 62.1 Å². The molecule has 3 rings (SSSR count). The highest BCUT2D eigenvalue weighted by Crippen LogP contribution is 2.23. The van der Waals surface area contributed by atoms with Crippen LogP contribution in [0.5, 0.6) is 5.75 Å². The van der Waals surface area contributed by atoms with Gasteiger partial charge in [-0.25, -0.2) is 0 Å². The number of benzene rings is 2. The molecule has 0 bridgehead atoms. The van der Waals surface area contributed by atoms with E-state index in [0.29, 0.717) is 11.1 Å². The number of rotatable bonds is 7. The van der Waals surface area contributed by atoms with Crippen molar-refractivity contribution in [2.45, 2.75) is 39.5 Å². The van der Waals surface area contributed by atoms with Crippen LogP contribution in [0.25, 0.3) is 0 Å². The minimum absolute atomic E-state index is 0.120. The number of aromatic nitrogens is 2. The first kappa shape index (κ1) is 19.9. The topological polar surface area (TPSA) is 77.2 Å². The number of nitrogens with zero attached hydrogens (tertiary/aromatic N) is 2. The molecule has 7 heteroatoms. The molecule has 0 unspecified atom stereocenters. The molecule has 0 atom stereocenters. The summed E-state index contributed by atoms with van der Waals surface area (Å²) in [6.45, 7) is 8.23. The summed E-state index contributed by atoms with van der Waals surface area (Å²) in [5, 5.41) is 11.2. The fourth-order valence-corrected chi connectivity index (χ4v) is 3.16. The van der Waals surface area contributed by atoms with Crippen molar-refractivity contribution in [1.29, 1.82) is 0 Å². The van der Waals surface area contributed by atoms with Gasteiger partial charge in [0.05, 0.1) is 5.75 Å². The van der Waals surface area contributed by atoms with Gasteiger partial charge in [-0.1, -0.05) is 36.0 Å². The summed E-state index contributed by atoms with van der Waals surface area (Å²) in [5.41, 5.74) is 5.26. The lowest BCUT2D eigenvalue weighted by atomic mass is 10.1. The fourth-order valence-electron chi connectivity index (χ4n) is 2.57.